The van der Waals surface area contributed by atoms with Gasteiger partial charge in [0.1, 0.15) is 5.75 Å². The van der Waals surface area contributed by atoms with Crippen LogP contribution in [0.5, 0.6) is 5.75 Å². The fraction of sp³-hybridized carbons (Fsp3) is 0.500. The first kappa shape index (κ1) is 12.2. The third-order valence-corrected chi connectivity index (χ3v) is 6.39. The molecule has 1 unspecified atom stereocenters. The van der Waals surface area contributed by atoms with E-state index >= 15 is 0 Å². The Morgan fingerprint density at radius 3 is 2.80 bits per heavy atom. The van der Waals surface area contributed by atoms with E-state index in [0.29, 0.717) is 5.78 Å². The monoisotopic (exact) mass is 268 g/mol. The molecule has 1 fully saturated rings. The van der Waals surface area contributed by atoms with Crippen LogP contribution in [0.15, 0.2) is 30.4 Å². The number of ketones is 1. The van der Waals surface area contributed by atoms with Gasteiger partial charge in [-0.2, -0.15) is 0 Å². The molecule has 1 aromatic carbocycles. The average molecular weight is 268 g/mol. The van der Waals surface area contributed by atoms with Gasteiger partial charge in [0.15, 0.2) is 5.78 Å². The molecule has 20 heavy (non-hydrogen) atoms. The Balaban J connectivity index is 1.96. The SMILES string of the molecule is COc1ccc2c(c1)[C@]1(C)C=CC(=O)C3(C)C[C@]31CC2. The fourth-order valence-electron chi connectivity index (χ4n) is 4.93. The molecule has 3 atom stereocenters. The Kier molecular flexibility index (Phi) is 2.05. The molecule has 2 nitrogen and oxygen atoms in total. The maximum atomic E-state index is 12.3. The molecule has 0 saturated heterocycles. The molecule has 0 radical (unpaired) electrons. The molecule has 3 aliphatic carbocycles. The molecule has 2 heteroatoms. The Morgan fingerprint density at radius 1 is 1.25 bits per heavy atom. The number of methoxy groups -OCH3 is 1. The summed E-state index contributed by atoms with van der Waals surface area (Å²) < 4.78 is 5.41. The van der Waals surface area contributed by atoms with Crippen LogP contribution in [0.2, 0.25) is 0 Å². The summed E-state index contributed by atoms with van der Waals surface area (Å²) in [5.41, 5.74) is 2.73. The van der Waals surface area contributed by atoms with Crippen LogP contribution in [-0.2, 0) is 16.6 Å². The minimum absolute atomic E-state index is 0.0300. The number of hydrogen-bond donors (Lipinski definition) is 0. The molecule has 0 aliphatic heterocycles. The smallest absolute Gasteiger partial charge is 0.161 e. The Morgan fingerprint density at radius 2 is 2.05 bits per heavy atom. The van der Waals surface area contributed by atoms with Gasteiger partial charge in [0, 0.05) is 10.8 Å². The quantitative estimate of drug-likeness (QED) is 0.780. The van der Waals surface area contributed by atoms with Crippen molar-refractivity contribution in [3.05, 3.63) is 41.5 Å². The van der Waals surface area contributed by atoms with E-state index in [4.69, 9.17) is 4.74 Å². The van der Waals surface area contributed by atoms with Gasteiger partial charge in [-0.05, 0) is 54.0 Å². The van der Waals surface area contributed by atoms with Gasteiger partial charge >= 0.3 is 0 Å². The zero-order valence-corrected chi connectivity index (χ0v) is 12.3. The third-order valence-electron chi connectivity index (χ3n) is 6.39. The zero-order valence-electron chi connectivity index (χ0n) is 12.3. The van der Waals surface area contributed by atoms with E-state index in [2.05, 4.69) is 32.1 Å². The molecule has 0 bridgehead atoms. The molecule has 3 aliphatic rings. The lowest BCUT2D eigenvalue weighted by Gasteiger charge is -2.46. The number of hydrogen-bond acceptors (Lipinski definition) is 2. The van der Waals surface area contributed by atoms with E-state index in [0.717, 1.165) is 25.0 Å². The van der Waals surface area contributed by atoms with Crippen molar-refractivity contribution in [1.82, 2.24) is 0 Å². The van der Waals surface area contributed by atoms with Crippen LogP contribution in [0.25, 0.3) is 0 Å². The maximum absolute atomic E-state index is 12.3. The molecule has 0 aromatic heterocycles. The lowest BCUT2D eigenvalue weighted by molar-refractivity contribution is -0.121. The predicted octanol–water partition coefficient (Wildman–Crippen LogP) is 3.43. The first-order valence-corrected chi connectivity index (χ1v) is 7.38. The van der Waals surface area contributed by atoms with Gasteiger partial charge in [-0.25, -0.2) is 0 Å². The normalized spacial score (nSPS) is 40.6. The van der Waals surface area contributed by atoms with Crippen LogP contribution in [0, 0.1) is 10.8 Å². The molecule has 0 amide bonds. The number of aryl methyl sites for hydroxylation is 1. The van der Waals surface area contributed by atoms with Crippen molar-refractivity contribution in [1.29, 1.82) is 0 Å². The maximum Gasteiger partial charge on any atom is 0.161 e. The van der Waals surface area contributed by atoms with Gasteiger partial charge in [0.25, 0.3) is 0 Å². The minimum Gasteiger partial charge on any atom is -0.497 e. The van der Waals surface area contributed by atoms with Crippen LogP contribution in [0.1, 0.15) is 37.8 Å². The van der Waals surface area contributed by atoms with E-state index in [1.165, 1.54) is 11.1 Å². The lowest BCUT2D eigenvalue weighted by Crippen LogP contribution is -2.44. The molecule has 0 heterocycles. The van der Waals surface area contributed by atoms with Crippen molar-refractivity contribution in [2.45, 2.75) is 38.5 Å². The van der Waals surface area contributed by atoms with Gasteiger partial charge in [-0.15, -0.1) is 0 Å². The summed E-state index contributed by atoms with van der Waals surface area (Å²) >= 11 is 0. The topological polar surface area (TPSA) is 26.3 Å². The third kappa shape index (κ3) is 1.11. The number of benzene rings is 1. The lowest BCUT2D eigenvalue weighted by atomic mass is 9.56. The van der Waals surface area contributed by atoms with Crippen LogP contribution < -0.4 is 4.74 Å². The van der Waals surface area contributed by atoms with Gasteiger partial charge in [0.05, 0.1) is 7.11 Å². The molecule has 1 spiro atoms. The highest BCUT2D eigenvalue weighted by molar-refractivity contribution is 6.00. The van der Waals surface area contributed by atoms with Crippen LogP contribution in [-0.4, -0.2) is 12.9 Å². The van der Waals surface area contributed by atoms with E-state index in [-0.39, 0.29) is 16.2 Å². The van der Waals surface area contributed by atoms with Crippen LogP contribution >= 0.6 is 0 Å². The summed E-state index contributed by atoms with van der Waals surface area (Å²) in [7, 11) is 1.71. The van der Waals surface area contributed by atoms with Crippen molar-refractivity contribution in [3.63, 3.8) is 0 Å². The predicted molar refractivity (Wildman–Crippen MR) is 78.0 cm³/mol. The average Bonchev–Trinajstić information content (AvgIpc) is 3.09. The molecule has 104 valence electrons. The summed E-state index contributed by atoms with van der Waals surface area (Å²) in [6.45, 7) is 4.46. The second kappa shape index (κ2) is 3.36. The van der Waals surface area contributed by atoms with Crippen molar-refractivity contribution in [2.75, 3.05) is 7.11 Å². The summed E-state index contributed by atoms with van der Waals surface area (Å²) in [6, 6.07) is 6.41. The van der Waals surface area contributed by atoms with Crippen molar-refractivity contribution < 1.29 is 9.53 Å². The Bertz CT molecular complexity index is 659. The highest BCUT2D eigenvalue weighted by atomic mass is 16.5. The second-order valence-electron chi connectivity index (χ2n) is 7.01. The summed E-state index contributed by atoms with van der Waals surface area (Å²) in [4.78, 5) is 12.3. The Hall–Kier alpha value is -1.57. The van der Waals surface area contributed by atoms with Crippen molar-refractivity contribution in [3.8, 4) is 5.75 Å². The van der Waals surface area contributed by atoms with Crippen molar-refractivity contribution in [2.24, 2.45) is 10.8 Å². The molecule has 1 saturated carbocycles. The molecule has 0 N–H and O–H groups in total. The van der Waals surface area contributed by atoms with E-state index in [1.54, 1.807) is 7.11 Å². The summed E-state index contributed by atoms with van der Waals surface area (Å²) in [6.07, 6.45) is 7.20. The number of allylic oxidation sites excluding steroid dienone is 2. The first-order chi connectivity index (χ1) is 9.47. The van der Waals surface area contributed by atoms with E-state index in [9.17, 15) is 4.79 Å². The molecular weight excluding hydrogens is 248 g/mol. The molecular formula is C18H20O2. The number of ether oxygens (including phenoxy) is 1. The zero-order chi connectivity index (χ0) is 14.2. The largest absolute Gasteiger partial charge is 0.497 e. The van der Waals surface area contributed by atoms with Crippen molar-refractivity contribution >= 4 is 5.78 Å². The van der Waals surface area contributed by atoms with Crippen LogP contribution in [0.3, 0.4) is 0 Å². The highest BCUT2D eigenvalue weighted by Crippen LogP contribution is 2.78. The number of carbonyl (C=O) groups is 1. The highest BCUT2D eigenvalue weighted by Gasteiger charge is 2.76. The molecule has 1 aromatic rings. The van der Waals surface area contributed by atoms with Gasteiger partial charge < -0.3 is 4.74 Å². The number of fused-ring (bicyclic) bond motifs is 2. The number of rotatable bonds is 1. The first-order valence-electron chi connectivity index (χ1n) is 7.38. The summed E-state index contributed by atoms with van der Waals surface area (Å²) in [5.74, 6) is 1.23. The standard InChI is InChI=1S/C18H20O2/c1-16-8-7-15(19)17(2)11-18(16,17)9-6-12-4-5-13(20-3)10-14(12)16/h4-5,7-8,10H,6,9,11H2,1-3H3/t16-,17?,18-/m0/s1. The van der Waals surface area contributed by atoms with Gasteiger partial charge in [-0.3, -0.25) is 4.79 Å². The number of carbonyl (C=O) groups excluding carboxylic acids is 1. The van der Waals surface area contributed by atoms with E-state index < -0.39 is 0 Å². The van der Waals surface area contributed by atoms with E-state index in [1.807, 2.05) is 12.1 Å². The van der Waals surface area contributed by atoms with Gasteiger partial charge in [-0.1, -0.05) is 26.0 Å². The summed E-state index contributed by atoms with van der Waals surface area (Å²) in [5, 5.41) is 0. The van der Waals surface area contributed by atoms with Gasteiger partial charge in [0.2, 0.25) is 0 Å². The fourth-order valence-corrected chi connectivity index (χ4v) is 4.93. The van der Waals surface area contributed by atoms with Crippen LogP contribution in [0.4, 0.5) is 0 Å². The minimum atomic E-state index is -0.142. The Labute approximate surface area is 119 Å². The molecule has 4 rings (SSSR count). The second-order valence-corrected chi connectivity index (χ2v) is 7.01.